The van der Waals surface area contributed by atoms with Crippen molar-refractivity contribution in [1.29, 1.82) is 0 Å². The second-order valence-electron chi connectivity index (χ2n) is 5.64. The molecular formula is C18H18ClF2NO2. The Morgan fingerprint density at radius 1 is 1.08 bits per heavy atom. The SMILES string of the molecule is CC(C)[C@H](C(=O)Nc1ccccc1OC(F)F)c1ccc(Cl)cc1. The fourth-order valence-corrected chi connectivity index (χ4v) is 2.61. The van der Waals surface area contributed by atoms with Gasteiger partial charge in [-0.1, -0.05) is 49.7 Å². The van der Waals surface area contributed by atoms with Gasteiger partial charge in [0.15, 0.2) is 0 Å². The van der Waals surface area contributed by atoms with Gasteiger partial charge < -0.3 is 10.1 Å². The minimum absolute atomic E-state index is 0.00866. The summed E-state index contributed by atoms with van der Waals surface area (Å²) in [6.45, 7) is 0.876. The molecule has 2 aromatic rings. The van der Waals surface area contributed by atoms with Crippen molar-refractivity contribution in [1.82, 2.24) is 0 Å². The second-order valence-corrected chi connectivity index (χ2v) is 6.07. The summed E-state index contributed by atoms with van der Waals surface area (Å²) in [5.41, 5.74) is 1.02. The van der Waals surface area contributed by atoms with Crippen molar-refractivity contribution in [2.45, 2.75) is 26.4 Å². The zero-order chi connectivity index (χ0) is 17.7. The Hall–Kier alpha value is -2.14. The Bertz CT molecular complexity index is 690. The first kappa shape index (κ1) is 18.2. The van der Waals surface area contributed by atoms with E-state index >= 15 is 0 Å². The van der Waals surface area contributed by atoms with Gasteiger partial charge in [0.05, 0.1) is 11.6 Å². The minimum atomic E-state index is -2.96. The number of rotatable bonds is 6. The molecule has 0 aliphatic rings. The Labute approximate surface area is 144 Å². The summed E-state index contributed by atoms with van der Waals surface area (Å²) >= 11 is 5.89. The number of amides is 1. The van der Waals surface area contributed by atoms with Gasteiger partial charge in [0.1, 0.15) is 5.75 Å². The fraction of sp³-hybridized carbons (Fsp3) is 0.278. The smallest absolute Gasteiger partial charge is 0.387 e. The predicted molar refractivity (Wildman–Crippen MR) is 90.7 cm³/mol. The number of para-hydroxylation sites is 2. The van der Waals surface area contributed by atoms with Crippen LogP contribution in [0.5, 0.6) is 5.75 Å². The Morgan fingerprint density at radius 3 is 2.29 bits per heavy atom. The number of ether oxygens (including phenoxy) is 1. The van der Waals surface area contributed by atoms with Gasteiger partial charge in [-0.15, -0.1) is 0 Å². The average molecular weight is 354 g/mol. The highest BCUT2D eigenvalue weighted by molar-refractivity contribution is 6.30. The summed E-state index contributed by atoms with van der Waals surface area (Å²) < 4.78 is 29.4. The van der Waals surface area contributed by atoms with Gasteiger partial charge in [-0.25, -0.2) is 0 Å². The molecule has 3 nitrogen and oxygen atoms in total. The number of carbonyl (C=O) groups excluding carboxylic acids is 1. The van der Waals surface area contributed by atoms with Gasteiger partial charge in [-0.2, -0.15) is 8.78 Å². The lowest BCUT2D eigenvalue weighted by atomic mass is 9.87. The van der Waals surface area contributed by atoms with Crippen LogP contribution >= 0.6 is 11.6 Å². The van der Waals surface area contributed by atoms with Gasteiger partial charge in [0.2, 0.25) is 5.91 Å². The van der Waals surface area contributed by atoms with Crippen molar-refractivity contribution in [2.24, 2.45) is 5.92 Å². The molecule has 128 valence electrons. The van der Waals surface area contributed by atoms with Crippen LogP contribution in [-0.4, -0.2) is 12.5 Å². The van der Waals surface area contributed by atoms with Crippen molar-refractivity contribution >= 4 is 23.2 Å². The van der Waals surface area contributed by atoms with Crippen molar-refractivity contribution in [2.75, 3.05) is 5.32 Å². The van der Waals surface area contributed by atoms with Crippen LogP contribution in [0.15, 0.2) is 48.5 Å². The molecule has 0 unspecified atom stereocenters. The van der Waals surface area contributed by atoms with E-state index in [9.17, 15) is 13.6 Å². The number of hydrogen-bond donors (Lipinski definition) is 1. The lowest BCUT2D eigenvalue weighted by molar-refractivity contribution is -0.118. The average Bonchev–Trinajstić information content (AvgIpc) is 2.50. The van der Waals surface area contributed by atoms with E-state index in [1.54, 1.807) is 36.4 Å². The molecule has 0 aliphatic carbocycles. The van der Waals surface area contributed by atoms with Crippen molar-refractivity contribution in [3.05, 3.63) is 59.1 Å². The van der Waals surface area contributed by atoms with Crippen LogP contribution in [0.4, 0.5) is 14.5 Å². The number of hydrogen-bond acceptors (Lipinski definition) is 2. The number of carbonyl (C=O) groups is 1. The number of anilines is 1. The normalized spacial score (nSPS) is 12.3. The molecule has 1 amide bonds. The van der Waals surface area contributed by atoms with E-state index in [1.165, 1.54) is 12.1 Å². The lowest BCUT2D eigenvalue weighted by Gasteiger charge is -2.21. The molecule has 2 aromatic carbocycles. The van der Waals surface area contributed by atoms with Crippen LogP contribution in [0.2, 0.25) is 5.02 Å². The Kier molecular flexibility index (Phi) is 6.15. The van der Waals surface area contributed by atoms with E-state index in [2.05, 4.69) is 10.1 Å². The first-order valence-electron chi connectivity index (χ1n) is 7.48. The molecule has 0 bridgehead atoms. The van der Waals surface area contributed by atoms with Crippen LogP contribution in [0.3, 0.4) is 0 Å². The summed E-state index contributed by atoms with van der Waals surface area (Å²) in [4.78, 5) is 12.7. The maximum Gasteiger partial charge on any atom is 0.387 e. The van der Waals surface area contributed by atoms with E-state index in [4.69, 9.17) is 11.6 Å². The van der Waals surface area contributed by atoms with E-state index in [0.29, 0.717) is 5.02 Å². The molecule has 0 saturated heterocycles. The number of benzene rings is 2. The minimum Gasteiger partial charge on any atom is -0.433 e. The molecular weight excluding hydrogens is 336 g/mol. The van der Waals surface area contributed by atoms with Crippen LogP contribution in [0, 0.1) is 5.92 Å². The molecule has 0 fully saturated rings. The second kappa shape index (κ2) is 8.11. The standard InChI is InChI=1S/C18H18ClF2NO2/c1-11(2)16(12-7-9-13(19)10-8-12)17(23)22-14-5-3-4-6-15(14)24-18(20)21/h3-11,16,18H,1-2H3,(H,22,23)/t16-/m0/s1. The topological polar surface area (TPSA) is 38.3 Å². The Balaban J connectivity index is 2.24. The zero-order valence-electron chi connectivity index (χ0n) is 13.3. The van der Waals surface area contributed by atoms with Crippen LogP contribution in [0.1, 0.15) is 25.3 Å². The van der Waals surface area contributed by atoms with Gasteiger partial charge in [-0.05, 0) is 35.7 Å². The summed E-state index contributed by atoms with van der Waals surface area (Å²) in [7, 11) is 0. The van der Waals surface area contributed by atoms with E-state index in [0.717, 1.165) is 5.56 Å². The van der Waals surface area contributed by atoms with Gasteiger partial charge >= 0.3 is 6.61 Å². The zero-order valence-corrected chi connectivity index (χ0v) is 14.1. The molecule has 0 aromatic heterocycles. The first-order valence-corrected chi connectivity index (χ1v) is 7.86. The highest BCUT2D eigenvalue weighted by Crippen LogP contribution is 2.30. The van der Waals surface area contributed by atoms with Crippen LogP contribution in [0.25, 0.3) is 0 Å². The predicted octanol–water partition coefficient (Wildman–Crippen LogP) is 5.32. The van der Waals surface area contributed by atoms with Gasteiger partial charge in [-0.3, -0.25) is 4.79 Å². The summed E-state index contributed by atoms with van der Waals surface area (Å²) in [5, 5.41) is 3.26. The fourth-order valence-electron chi connectivity index (χ4n) is 2.49. The summed E-state index contributed by atoms with van der Waals surface area (Å²) in [6.07, 6.45) is 0. The van der Waals surface area contributed by atoms with Gasteiger partial charge in [0, 0.05) is 5.02 Å². The molecule has 1 N–H and O–H groups in total. The molecule has 1 atom stereocenters. The Morgan fingerprint density at radius 2 is 1.71 bits per heavy atom. The molecule has 0 saturated carbocycles. The maximum atomic E-state index is 12.7. The van der Waals surface area contributed by atoms with Crippen molar-refractivity contribution in [3.63, 3.8) is 0 Å². The number of alkyl halides is 2. The highest BCUT2D eigenvalue weighted by atomic mass is 35.5. The summed E-state index contributed by atoms with van der Waals surface area (Å²) in [5.74, 6) is -0.798. The molecule has 6 heteroatoms. The number of nitrogens with one attached hydrogen (secondary N) is 1. The maximum absolute atomic E-state index is 12.7. The van der Waals surface area contributed by atoms with Crippen LogP contribution < -0.4 is 10.1 Å². The van der Waals surface area contributed by atoms with E-state index in [1.807, 2.05) is 13.8 Å². The van der Waals surface area contributed by atoms with Crippen molar-refractivity contribution < 1.29 is 18.3 Å². The third kappa shape index (κ3) is 4.68. The molecule has 0 radical (unpaired) electrons. The third-order valence-electron chi connectivity index (χ3n) is 3.54. The third-order valence-corrected chi connectivity index (χ3v) is 3.79. The monoisotopic (exact) mass is 353 g/mol. The van der Waals surface area contributed by atoms with Crippen molar-refractivity contribution in [3.8, 4) is 5.75 Å². The largest absolute Gasteiger partial charge is 0.433 e. The van der Waals surface area contributed by atoms with Gasteiger partial charge in [0.25, 0.3) is 0 Å². The van der Waals surface area contributed by atoms with E-state index in [-0.39, 0.29) is 23.3 Å². The molecule has 2 rings (SSSR count). The molecule has 0 spiro atoms. The van der Waals surface area contributed by atoms with E-state index < -0.39 is 12.5 Å². The first-order chi connectivity index (χ1) is 11.4. The van der Waals surface area contributed by atoms with Crippen LogP contribution in [-0.2, 0) is 4.79 Å². The number of halogens is 3. The molecule has 0 aliphatic heterocycles. The summed E-state index contributed by atoms with van der Waals surface area (Å²) in [6, 6.07) is 13.1. The quantitative estimate of drug-likeness (QED) is 0.763. The lowest BCUT2D eigenvalue weighted by Crippen LogP contribution is -2.25. The highest BCUT2D eigenvalue weighted by Gasteiger charge is 2.25. The molecule has 24 heavy (non-hydrogen) atoms. The molecule has 0 heterocycles.